The van der Waals surface area contributed by atoms with Gasteiger partial charge in [0.25, 0.3) is 0 Å². The summed E-state index contributed by atoms with van der Waals surface area (Å²) in [6, 6.07) is 17.5. The van der Waals surface area contributed by atoms with Crippen molar-refractivity contribution < 1.29 is 9.59 Å². The number of rotatable bonds is 4. The summed E-state index contributed by atoms with van der Waals surface area (Å²) in [5.74, 6) is 0.375. The molecule has 0 radical (unpaired) electrons. The number of carbonyl (C=O) groups excluding carboxylic acids is 2. The number of benzene rings is 2. The lowest BCUT2D eigenvalue weighted by molar-refractivity contribution is -0.147. The molecule has 2 aliphatic heterocycles. The molecular formula is C27H32N4O2. The maximum absolute atomic E-state index is 13.7. The summed E-state index contributed by atoms with van der Waals surface area (Å²) < 4.78 is 0. The minimum atomic E-state index is -0.437. The van der Waals surface area contributed by atoms with Gasteiger partial charge < -0.3 is 14.7 Å². The quantitative estimate of drug-likeness (QED) is 0.723. The van der Waals surface area contributed by atoms with Gasteiger partial charge in [-0.25, -0.2) is 0 Å². The molecule has 6 heteroatoms. The smallest absolute Gasteiger partial charge is 0.245 e. The van der Waals surface area contributed by atoms with Crippen molar-refractivity contribution in [1.82, 2.24) is 9.80 Å². The molecule has 0 N–H and O–H groups in total. The molecule has 2 heterocycles. The zero-order valence-electron chi connectivity index (χ0n) is 19.5. The van der Waals surface area contributed by atoms with Crippen molar-refractivity contribution in [3.63, 3.8) is 0 Å². The zero-order valence-corrected chi connectivity index (χ0v) is 19.5. The van der Waals surface area contributed by atoms with Crippen LogP contribution in [-0.2, 0) is 22.6 Å². The first-order valence-electron chi connectivity index (χ1n) is 11.9. The third kappa shape index (κ3) is 5.19. The van der Waals surface area contributed by atoms with Crippen LogP contribution < -0.4 is 4.90 Å². The molecular weight excluding hydrogens is 412 g/mol. The number of fused-ring (bicyclic) bond motifs is 1. The van der Waals surface area contributed by atoms with E-state index in [4.69, 9.17) is 5.26 Å². The lowest BCUT2D eigenvalue weighted by Crippen LogP contribution is -2.54. The van der Waals surface area contributed by atoms with Crippen LogP contribution in [0.2, 0.25) is 0 Å². The molecule has 1 unspecified atom stereocenters. The highest BCUT2D eigenvalue weighted by Crippen LogP contribution is 2.27. The molecule has 1 saturated heterocycles. The molecule has 2 aromatic carbocycles. The van der Waals surface area contributed by atoms with Gasteiger partial charge in [-0.2, -0.15) is 5.26 Å². The van der Waals surface area contributed by atoms with Crippen molar-refractivity contribution in [2.75, 3.05) is 31.1 Å². The van der Waals surface area contributed by atoms with Crippen molar-refractivity contribution in [3.8, 4) is 6.07 Å². The first kappa shape index (κ1) is 22.8. The Bertz CT molecular complexity index is 1040. The maximum atomic E-state index is 13.7. The summed E-state index contributed by atoms with van der Waals surface area (Å²) in [4.78, 5) is 32.8. The van der Waals surface area contributed by atoms with Crippen molar-refractivity contribution in [2.45, 2.75) is 45.7 Å². The zero-order chi connectivity index (χ0) is 23.4. The summed E-state index contributed by atoms with van der Waals surface area (Å²) in [6.45, 7) is 7.50. The number of nitrogens with zero attached hydrogens (tertiary/aromatic N) is 4. The average molecular weight is 445 g/mol. The third-order valence-electron chi connectivity index (χ3n) is 6.61. The Hall–Kier alpha value is -3.33. The second-order valence-corrected chi connectivity index (χ2v) is 9.43. The van der Waals surface area contributed by atoms with E-state index in [1.54, 1.807) is 0 Å². The second kappa shape index (κ2) is 10.1. The Morgan fingerprint density at radius 1 is 1.00 bits per heavy atom. The SMILES string of the molecule is CC(C)CC(=O)N1Cc2ccccc2CC1C(=O)N1CCCN(c2ccc(C#N)cc2)CC1. The first-order valence-corrected chi connectivity index (χ1v) is 11.9. The van der Waals surface area contributed by atoms with E-state index in [0.717, 1.165) is 30.8 Å². The van der Waals surface area contributed by atoms with E-state index in [1.807, 2.05) is 60.0 Å². The van der Waals surface area contributed by atoms with Crippen LogP contribution in [0.4, 0.5) is 5.69 Å². The van der Waals surface area contributed by atoms with Crippen molar-refractivity contribution in [2.24, 2.45) is 5.92 Å². The van der Waals surface area contributed by atoms with Crippen molar-refractivity contribution in [1.29, 1.82) is 5.26 Å². The number of nitriles is 1. The van der Waals surface area contributed by atoms with Gasteiger partial charge in [0.2, 0.25) is 11.8 Å². The molecule has 172 valence electrons. The highest BCUT2D eigenvalue weighted by atomic mass is 16.2. The predicted octanol–water partition coefficient (Wildman–Crippen LogP) is 3.60. The van der Waals surface area contributed by atoms with Gasteiger partial charge in [-0.1, -0.05) is 38.1 Å². The molecule has 2 aliphatic rings. The second-order valence-electron chi connectivity index (χ2n) is 9.43. The summed E-state index contributed by atoms with van der Waals surface area (Å²) >= 11 is 0. The Morgan fingerprint density at radius 2 is 1.73 bits per heavy atom. The van der Waals surface area contributed by atoms with Gasteiger partial charge in [-0.05, 0) is 47.7 Å². The monoisotopic (exact) mass is 444 g/mol. The fourth-order valence-corrected chi connectivity index (χ4v) is 4.83. The van der Waals surface area contributed by atoms with Crippen molar-refractivity contribution >= 4 is 17.5 Å². The van der Waals surface area contributed by atoms with E-state index in [9.17, 15) is 9.59 Å². The summed E-state index contributed by atoms with van der Waals surface area (Å²) in [7, 11) is 0. The van der Waals surface area contributed by atoms with Gasteiger partial charge in [0.05, 0.1) is 11.6 Å². The molecule has 0 aromatic heterocycles. The van der Waals surface area contributed by atoms with Gasteiger partial charge in [-0.3, -0.25) is 9.59 Å². The molecule has 2 amide bonds. The summed E-state index contributed by atoms with van der Waals surface area (Å²) in [5, 5.41) is 9.04. The molecule has 1 fully saturated rings. The summed E-state index contributed by atoms with van der Waals surface area (Å²) in [6.07, 6.45) is 1.90. The molecule has 0 bridgehead atoms. The third-order valence-corrected chi connectivity index (χ3v) is 6.61. The lowest BCUT2D eigenvalue weighted by atomic mass is 9.92. The average Bonchev–Trinajstić information content (AvgIpc) is 3.09. The standard InChI is InChI=1S/C27H32N4O2/c1-20(2)16-26(32)31-19-23-7-4-3-6-22(23)17-25(31)27(33)30-13-5-12-29(14-15-30)24-10-8-21(18-28)9-11-24/h3-4,6-11,20,25H,5,12-17,19H2,1-2H3. The fourth-order valence-electron chi connectivity index (χ4n) is 4.83. The van der Waals surface area contributed by atoms with Crippen LogP contribution in [0.3, 0.4) is 0 Å². The normalized spacial score (nSPS) is 18.5. The number of carbonyl (C=O) groups is 2. The van der Waals surface area contributed by atoms with Gasteiger partial charge in [0.1, 0.15) is 6.04 Å². The number of hydrogen-bond acceptors (Lipinski definition) is 4. The number of hydrogen-bond donors (Lipinski definition) is 0. The Kier molecular flexibility index (Phi) is 6.98. The van der Waals surface area contributed by atoms with Crippen molar-refractivity contribution in [3.05, 3.63) is 65.2 Å². The van der Waals surface area contributed by atoms with E-state index in [0.29, 0.717) is 38.0 Å². The molecule has 2 aromatic rings. The maximum Gasteiger partial charge on any atom is 0.245 e. The largest absolute Gasteiger partial charge is 0.370 e. The van der Waals surface area contributed by atoms with Crippen LogP contribution in [0.5, 0.6) is 0 Å². The number of anilines is 1. The number of amides is 2. The van der Waals surface area contributed by atoms with Gasteiger partial charge >= 0.3 is 0 Å². The van der Waals surface area contributed by atoms with Gasteiger partial charge in [0.15, 0.2) is 0 Å². The van der Waals surface area contributed by atoms with E-state index < -0.39 is 6.04 Å². The van der Waals surface area contributed by atoms with E-state index >= 15 is 0 Å². The van der Waals surface area contributed by atoms with Crippen LogP contribution >= 0.6 is 0 Å². The Morgan fingerprint density at radius 3 is 2.42 bits per heavy atom. The van der Waals surface area contributed by atoms with E-state index in [-0.39, 0.29) is 17.7 Å². The molecule has 0 spiro atoms. The molecule has 0 aliphatic carbocycles. The molecule has 4 rings (SSSR count). The first-order chi connectivity index (χ1) is 16.0. The highest BCUT2D eigenvalue weighted by molar-refractivity contribution is 5.88. The fraction of sp³-hybridized carbons (Fsp3) is 0.444. The predicted molar refractivity (Wildman–Crippen MR) is 129 cm³/mol. The summed E-state index contributed by atoms with van der Waals surface area (Å²) in [5.41, 5.74) is 4.03. The van der Waals surface area contributed by atoms with Gasteiger partial charge in [0, 0.05) is 51.3 Å². The molecule has 33 heavy (non-hydrogen) atoms. The van der Waals surface area contributed by atoms with Crippen LogP contribution in [0.15, 0.2) is 48.5 Å². The lowest BCUT2D eigenvalue weighted by Gasteiger charge is -2.39. The van der Waals surface area contributed by atoms with Crippen LogP contribution in [-0.4, -0.2) is 53.8 Å². The van der Waals surface area contributed by atoms with E-state index in [1.165, 1.54) is 5.56 Å². The molecule has 1 atom stereocenters. The van der Waals surface area contributed by atoms with Gasteiger partial charge in [-0.15, -0.1) is 0 Å². The minimum absolute atomic E-state index is 0.0586. The van der Waals surface area contributed by atoms with E-state index in [2.05, 4.69) is 23.1 Å². The molecule has 0 saturated carbocycles. The highest BCUT2D eigenvalue weighted by Gasteiger charge is 2.37. The van der Waals surface area contributed by atoms with Crippen LogP contribution in [0.1, 0.15) is 43.4 Å². The molecule has 6 nitrogen and oxygen atoms in total. The topological polar surface area (TPSA) is 67.7 Å². The van der Waals surface area contributed by atoms with Crippen LogP contribution in [0.25, 0.3) is 0 Å². The Labute approximate surface area is 196 Å². The Balaban J connectivity index is 1.49. The minimum Gasteiger partial charge on any atom is -0.370 e. The van der Waals surface area contributed by atoms with Crippen LogP contribution in [0, 0.1) is 17.2 Å².